The minimum atomic E-state index is -0.116. The Labute approximate surface area is 203 Å². The number of amides is 1. The maximum atomic E-state index is 13.2. The molecule has 2 N–H and O–H groups in total. The summed E-state index contributed by atoms with van der Waals surface area (Å²) < 4.78 is 12.3. The molecule has 5 nitrogen and oxygen atoms in total. The summed E-state index contributed by atoms with van der Waals surface area (Å²) in [6.45, 7) is 3.20. The van der Waals surface area contributed by atoms with E-state index in [1.165, 1.54) is 23.3 Å². The van der Waals surface area contributed by atoms with Crippen LogP contribution in [0.25, 0.3) is 0 Å². The molecule has 1 unspecified atom stereocenters. The fourth-order valence-corrected chi connectivity index (χ4v) is 4.75. The normalized spacial score (nSPS) is 14.6. The first kappa shape index (κ1) is 23.3. The zero-order valence-electron chi connectivity index (χ0n) is 18.9. The number of hydrogen-bond acceptors (Lipinski definition) is 3. The standard InChI is InChI=1S/C27H29BrN2O3/c1-32-22-14-12-20(13-15-22)25(30-16-6-7-17-30)18-29-27(31)23-9-3-5-11-26(23)33-19-21-8-2-4-10-24(21)28/h2-5,8-15,25H,6-7,16-19H2,1H3,(H,29,31)/p+1. The van der Waals surface area contributed by atoms with Crippen molar-refractivity contribution in [2.24, 2.45) is 0 Å². The number of halogens is 1. The van der Waals surface area contributed by atoms with Crippen LogP contribution in [0, 0.1) is 0 Å². The number of carbonyl (C=O) groups excluding carboxylic acids is 1. The van der Waals surface area contributed by atoms with Gasteiger partial charge in [-0.3, -0.25) is 4.79 Å². The minimum Gasteiger partial charge on any atom is -0.497 e. The molecule has 1 heterocycles. The molecule has 0 radical (unpaired) electrons. The molecule has 1 fully saturated rings. The Hall–Kier alpha value is -2.83. The second-order valence-electron chi connectivity index (χ2n) is 8.28. The first-order valence-corrected chi connectivity index (χ1v) is 12.2. The third-order valence-electron chi connectivity index (χ3n) is 6.20. The molecule has 4 rings (SSSR count). The van der Waals surface area contributed by atoms with Gasteiger partial charge in [-0.25, -0.2) is 0 Å². The number of benzene rings is 3. The highest BCUT2D eigenvalue weighted by Crippen LogP contribution is 2.23. The van der Waals surface area contributed by atoms with Crippen molar-refractivity contribution in [1.82, 2.24) is 5.32 Å². The molecule has 6 heteroatoms. The van der Waals surface area contributed by atoms with E-state index in [2.05, 4.69) is 33.4 Å². The van der Waals surface area contributed by atoms with Crippen LogP contribution in [0.3, 0.4) is 0 Å². The molecule has 1 atom stereocenters. The number of methoxy groups -OCH3 is 1. The quantitative estimate of drug-likeness (QED) is 0.454. The molecule has 172 valence electrons. The Balaban J connectivity index is 1.45. The van der Waals surface area contributed by atoms with Crippen molar-refractivity contribution in [3.63, 3.8) is 0 Å². The molecule has 3 aromatic rings. The average Bonchev–Trinajstić information content (AvgIpc) is 3.39. The van der Waals surface area contributed by atoms with E-state index in [1.54, 1.807) is 7.11 Å². The number of rotatable bonds is 9. The lowest BCUT2D eigenvalue weighted by atomic mass is 10.0. The first-order chi connectivity index (χ1) is 16.2. The zero-order valence-corrected chi connectivity index (χ0v) is 20.4. The fourth-order valence-electron chi connectivity index (χ4n) is 4.35. The third kappa shape index (κ3) is 5.95. The summed E-state index contributed by atoms with van der Waals surface area (Å²) in [5.41, 5.74) is 2.80. The fraction of sp³-hybridized carbons (Fsp3) is 0.296. The van der Waals surface area contributed by atoms with Crippen LogP contribution in [-0.2, 0) is 6.61 Å². The van der Waals surface area contributed by atoms with E-state index in [9.17, 15) is 4.79 Å². The monoisotopic (exact) mass is 509 g/mol. The van der Waals surface area contributed by atoms with Gasteiger partial charge in [-0.05, 0) is 42.5 Å². The summed E-state index contributed by atoms with van der Waals surface area (Å²) in [5.74, 6) is 1.31. The molecule has 3 aromatic carbocycles. The minimum absolute atomic E-state index is 0.116. The number of likely N-dealkylation sites (tertiary alicyclic amines) is 1. The molecule has 1 aliphatic heterocycles. The molecule has 0 bridgehead atoms. The Bertz CT molecular complexity index is 1060. The highest BCUT2D eigenvalue weighted by atomic mass is 79.9. The molecule has 1 aliphatic rings. The van der Waals surface area contributed by atoms with Crippen LogP contribution in [0.15, 0.2) is 77.3 Å². The maximum Gasteiger partial charge on any atom is 0.255 e. The summed E-state index contributed by atoms with van der Waals surface area (Å²) in [5, 5.41) is 3.17. The SMILES string of the molecule is COc1ccc(C(CNC(=O)c2ccccc2OCc2ccccc2Br)[NH+]2CCCC2)cc1. The average molecular weight is 510 g/mol. The second kappa shape index (κ2) is 11.3. The predicted octanol–water partition coefficient (Wildman–Crippen LogP) is 4.19. The number of hydrogen-bond donors (Lipinski definition) is 2. The zero-order chi connectivity index (χ0) is 23.0. The van der Waals surface area contributed by atoms with Gasteiger partial charge in [0, 0.05) is 28.4 Å². The van der Waals surface area contributed by atoms with Gasteiger partial charge in [-0.1, -0.05) is 46.3 Å². The van der Waals surface area contributed by atoms with Crippen LogP contribution in [0.1, 0.15) is 40.4 Å². The molecular formula is C27H30BrN2O3+. The highest BCUT2D eigenvalue weighted by Gasteiger charge is 2.28. The number of quaternary nitrogens is 1. The van der Waals surface area contributed by atoms with Gasteiger partial charge in [0.1, 0.15) is 24.1 Å². The van der Waals surface area contributed by atoms with Crippen molar-refractivity contribution < 1.29 is 19.2 Å². The number of ether oxygens (including phenoxy) is 2. The Kier molecular flexibility index (Phi) is 8.02. The third-order valence-corrected chi connectivity index (χ3v) is 6.97. The van der Waals surface area contributed by atoms with Crippen LogP contribution in [-0.4, -0.2) is 32.7 Å². The van der Waals surface area contributed by atoms with E-state index in [0.29, 0.717) is 24.5 Å². The van der Waals surface area contributed by atoms with E-state index in [0.717, 1.165) is 28.9 Å². The van der Waals surface area contributed by atoms with Crippen LogP contribution >= 0.6 is 15.9 Å². The summed E-state index contributed by atoms with van der Waals surface area (Å²) in [4.78, 5) is 14.7. The summed E-state index contributed by atoms with van der Waals surface area (Å²) in [6.07, 6.45) is 2.45. The van der Waals surface area contributed by atoms with Gasteiger partial charge in [0.25, 0.3) is 5.91 Å². The summed E-state index contributed by atoms with van der Waals surface area (Å²) >= 11 is 3.55. The molecule has 1 amide bonds. The van der Waals surface area contributed by atoms with Gasteiger partial charge < -0.3 is 19.7 Å². The maximum absolute atomic E-state index is 13.2. The van der Waals surface area contributed by atoms with E-state index in [-0.39, 0.29) is 11.9 Å². The Morgan fingerprint density at radius 2 is 1.70 bits per heavy atom. The lowest BCUT2D eigenvalue weighted by Gasteiger charge is -2.25. The van der Waals surface area contributed by atoms with Crippen LogP contribution in [0.2, 0.25) is 0 Å². The van der Waals surface area contributed by atoms with Crippen LogP contribution in [0.5, 0.6) is 11.5 Å². The van der Waals surface area contributed by atoms with Crippen LogP contribution in [0.4, 0.5) is 0 Å². The van der Waals surface area contributed by atoms with E-state index in [1.807, 2.05) is 60.7 Å². The van der Waals surface area contributed by atoms with Crippen molar-refractivity contribution >= 4 is 21.8 Å². The molecule has 0 saturated carbocycles. The van der Waals surface area contributed by atoms with Crippen molar-refractivity contribution in [1.29, 1.82) is 0 Å². The van der Waals surface area contributed by atoms with Crippen molar-refractivity contribution in [3.05, 3.63) is 94.0 Å². The lowest BCUT2D eigenvalue weighted by Crippen LogP contribution is -3.11. The second-order valence-corrected chi connectivity index (χ2v) is 9.13. The van der Waals surface area contributed by atoms with Gasteiger partial charge in [0.2, 0.25) is 0 Å². The summed E-state index contributed by atoms with van der Waals surface area (Å²) in [7, 11) is 1.68. The molecule has 0 spiro atoms. The van der Waals surface area contributed by atoms with Crippen molar-refractivity contribution in [2.45, 2.75) is 25.5 Å². The smallest absolute Gasteiger partial charge is 0.255 e. The lowest BCUT2D eigenvalue weighted by molar-refractivity contribution is -0.918. The van der Waals surface area contributed by atoms with E-state index in [4.69, 9.17) is 9.47 Å². The molecule has 33 heavy (non-hydrogen) atoms. The van der Waals surface area contributed by atoms with Gasteiger partial charge in [-0.15, -0.1) is 0 Å². The number of nitrogens with one attached hydrogen (secondary N) is 2. The summed E-state index contributed by atoms with van der Waals surface area (Å²) in [6, 6.07) is 23.7. The molecular weight excluding hydrogens is 480 g/mol. The predicted molar refractivity (Wildman–Crippen MR) is 133 cm³/mol. The van der Waals surface area contributed by atoms with E-state index < -0.39 is 0 Å². The molecule has 1 saturated heterocycles. The van der Waals surface area contributed by atoms with Gasteiger partial charge in [0.05, 0.1) is 32.3 Å². The van der Waals surface area contributed by atoms with Crippen molar-refractivity contribution in [3.8, 4) is 11.5 Å². The largest absolute Gasteiger partial charge is 0.497 e. The Morgan fingerprint density at radius 1 is 1.00 bits per heavy atom. The number of para-hydroxylation sites is 1. The topological polar surface area (TPSA) is 52.0 Å². The first-order valence-electron chi connectivity index (χ1n) is 11.4. The Morgan fingerprint density at radius 3 is 2.42 bits per heavy atom. The van der Waals surface area contributed by atoms with Crippen molar-refractivity contribution in [2.75, 3.05) is 26.7 Å². The van der Waals surface area contributed by atoms with Gasteiger partial charge in [0.15, 0.2) is 0 Å². The van der Waals surface area contributed by atoms with Gasteiger partial charge in [-0.2, -0.15) is 0 Å². The van der Waals surface area contributed by atoms with Gasteiger partial charge >= 0.3 is 0 Å². The van der Waals surface area contributed by atoms with E-state index >= 15 is 0 Å². The number of carbonyl (C=O) groups is 1. The molecule has 0 aromatic heterocycles. The highest BCUT2D eigenvalue weighted by molar-refractivity contribution is 9.10. The molecule has 0 aliphatic carbocycles. The van der Waals surface area contributed by atoms with Crippen LogP contribution < -0.4 is 19.7 Å².